The van der Waals surface area contributed by atoms with Crippen LogP contribution < -0.4 is 5.73 Å². The van der Waals surface area contributed by atoms with Crippen LogP contribution in [-0.2, 0) is 0 Å². The van der Waals surface area contributed by atoms with E-state index in [-0.39, 0.29) is 17.2 Å². The number of fused-ring (bicyclic) bond motifs is 1. The van der Waals surface area contributed by atoms with E-state index in [9.17, 15) is 4.79 Å². The number of hydrogen-bond donors (Lipinski definition) is 2. The van der Waals surface area contributed by atoms with Crippen LogP contribution in [0.1, 0.15) is 10.4 Å². The highest BCUT2D eigenvalue weighted by molar-refractivity contribution is 5.94. The number of aromatic nitrogens is 3. The van der Waals surface area contributed by atoms with Crippen LogP contribution in [0.5, 0.6) is 0 Å². The summed E-state index contributed by atoms with van der Waals surface area (Å²) in [5, 5.41) is 12.5. The van der Waals surface area contributed by atoms with Crippen LogP contribution in [0.15, 0.2) is 18.3 Å². The number of carboxylic acids is 1. The van der Waals surface area contributed by atoms with Crippen LogP contribution in [0.2, 0.25) is 0 Å². The lowest BCUT2D eigenvalue weighted by molar-refractivity contribution is 0.0698. The van der Waals surface area contributed by atoms with Gasteiger partial charge in [-0.3, -0.25) is 0 Å². The molecule has 0 unspecified atom stereocenters. The van der Waals surface area contributed by atoms with Crippen molar-refractivity contribution >= 4 is 17.6 Å². The Balaban J connectivity index is 2.82. The van der Waals surface area contributed by atoms with E-state index in [4.69, 9.17) is 10.8 Å². The van der Waals surface area contributed by atoms with Crippen molar-refractivity contribution in [2.24, 2.45) is 0 Å². The first-order valence-corrected chi connectivity index (χ1v) is 3.52. The largest absolute Gasteiger partial charge is 0.478 e. The number of nitrogens with two attached hydrogens (primary N) is 1. The van der Waals surface area contributed by atoms with Gasteiger partial charge in [0.05, 0.1) is 0 Å². The van der Waals surface area contributed by atoms with Gasteiger partial charge in [-0.05, 0) is 12.1 Å². The topological polar surface area (TPSA) is 93.5 Å². The summed E-state index contributed by atoms with van der Waals surface area (Å²) in [5.74, 6) is -0.980. The van der Waals surface area contributed by atoms with E-state index in [0.29, 0.717) is 0 Å². The second-order valence-electron chi connectivity index (χ2n) is 2.47. The number of carbonyl (C=O) groups is 1. The standard InChI is InChI=1S/C7H6N4O2/c8-7-9-5-4(6(12)13)2-1-3-11(5)10-7/h1-3H,(H2,8,10)(H,12,13). The molecule has 0 amide bonds. The minimum absolute atomic E-state index is 0.0636. The van der Waals surface area contributed by atoms with E-state index in [1.807, 2.05) is 0 Å². The molecule has 0 atom stereocenters. The monoisotopic (exact) mass is 178 g/mol. The second kappa shape index (κ2) is 2.44. The molecule has 2 aromatic heterocycles. The third kappa shape index (κ3) is 1.08. The molecular formula is C7H6N4O2. The third-order valence-corrected chi connectivity index (χ3v) is 1.61. The average molecular weight is 178 g/mol. The van der Waals surface area contributed by atoms with Gasteiger partial charge in [-0.1, -0.05) is 0 Å². The Bertz CT molecular complexity index is 476. The van der Waals surface area contributed by atoms with Gasteiger partial charge in [0.15, 0.2) is 5.65 Å². The molecule has 0 aliphatic heterocycles. The van der Waals surface area contributed by atoms with Crippen molar-refractivity contribution < 1.29 is 9.90 Å². The van der Waals surface area contributed by atoms with Crippen molar-refractivity contribution in [1.29, 1.82) is 0 Å². The first-order valence-electron chi connectivity index (χ1n) is 3.52. The Labute approximate surface area is 72.6 Å². The van der Waals surface area contributed by atoms with E-state index in [2.05, 4.69) is 10.1 Å². The molecule has 13 heavy (non-hydrogen) atoms. The zero-order valence-electron chi connectivity index (χ0n) is 6.51. The molecule has 2 aromatic rings. The number of pyridine rings is 1. The first-order chi connectivity index (χ1) is 6.18. The molecule has 66 valence electrons. The van der Waals surface area contributed by atoms with Crippen LogP contribution in [0.25, 0.3) is 5.65 Å². The summed E-state index contributed by atoms with van der Waals surface area (Å²) in [6.07, 6.45) is 1.59. The smallest absolute Gasteiger partial charge is 0.339 e. The molecule has 0 saturated carbocycles. The quantitative estimate of drug-likeness (QED) is 0.641. The molecule has 3 N–H and O–H groups in total. The highest BCUT2D eigenvalue weighted by Crippen LogP contribution is 2.08. The van der Waals surface area contributed by atoms with Crippen LogP contribution in [0.3, 0.4) is 0 Å². The van der Waals surface area contributed by atoms with Gasteiger partial charge < -0.3 is 10.8 Å². The molecule has 2 heterocycles. The minimum atomic E-state index is -1.04. The molecule has 0 saturated heterocycles. The predicted molar refractivity (Wildman–Crippen MR) is 44.4 cm³/mol. The van der Waals surface area contributed by atoms with Gasteiger partial charge >= 0.3 is 5.97 Å². The van der Waals surface area contributed by atoms with Crippen LogP contribution in [0.4, 0.5) is 5.95 Å². The Morgan fingerprint density at radius 3 is 3.08 bits per heavy atom. The van der Waals surface area contributed by atoms with Gasteiger partial charge in [-0.2, -0.15) is 4.98 Å². The number of nitrogens with zero attached hydrogens (tertiary/aromatic N) is 3. The molecular weight excluding hydrogens is 172 g/mol. The van der Waals surface area contributed by atoms with E-state index in [1.54, 1.807) is 12.3 Å². The van der Waals surface area contributed by atoms with Gasteiger partial charge in [-0.15, -0.1) is 5.10 Å². The van der Waals surface area contributed by atoms with Crippen molar-refractivity contribution in [3.8, 4) is 0 Å². The molecule has 2 rings (SSSR count). The molecule has 0 aromatic carbocycles. The summed E-state index contributed by atoms with van der Waals surface area (Å²) in [6, 6.07) is 3.02. The molecule has 6 nitrogen and oxygen atoms in total. The molecule has 0 aliphatic rings. The maximum Gasteiger partial charge on any atom is 0.339 e. The van der Waals surface area contributed by atoms with Crippen LogP contribution in [-0.4, -0.2) is 25.7 Å². The number of carboxylic acid groups (broad SMARTS) is 1. The summed E-state index contributed by atoms with van der Waals surface area (Å²) < 4.78 is 1.33. The van der Waals surface area contributed by atoms with Crippen molar-refractivity contribution in [3.05, 3.63) is 23.9 Å². The van der Waals surface area contributed by atoms with Gasteiger partial charge in [0.25, 0.3) is 0 Å². The maximum atomic E-state index is 10.7. The zero-order valence-corrected chi connectivity index (χ0v) is 6.51. The summed E-state index contributed by atoms with van der Waals surface area (Å²) >= 11 is 0. The second-order valence-corrected chi connectivity index (χ2v) is 2.47. The van der Waals surface area contributed by atoms with Gasteiger partial charge in [-0.25, -0.2) is 9.31 Å². The van der Waals surface area contributed by atoms with Crippen molar-refractivity contribution in [2.75, 3.05) is 5.73 Å². The fraction of sp³-hybridized carbons (Fsp3) is 0. The van der Waals surface area contributed by atoms with Crippen LogP contribution >= 0.6 is 0 Å². The van der Waals surface area contributed by atoms with Gasteiger partial charge in [0.1, 0.15) is 5.56 Å². The highest BCUT2D eigenvalue weighted by atomic mass is 16.4. The molecule has 0 radical (unpaired) electrons. The normalized spacial score (nSPS) is 10.5. The summed E-state index contributed by atoms with van der Waals surface area (Å²) in [7, 11) is 0. The Morgan fingerprint density at radius 1 is 1.62 bits per heavy atom. The third-order valence-electron chi connectivity index (χ3n) is 1.61. The van der Waals surface area contributed by atoms with Crippen molar-refractivity contribution in [1.82, 2.24) is 14.6 Å². The van der Waals surface area contributed by atoms with Gasteiger partial charge in [0.2, 0.25) is 5.95 Å². The van der Waals surface area contributed by atoms with Crippen molar-refractivity contribution in [2.45, 2.75) is 0 Å². The first kappa shape index (κ1) is 7.53. The number of rotatable bonds is 1. The average Bonchev–Trinajstić information content (AvgIpc) is 2.43. The Hall–Kier alpha value is -2.11. The van der Waals surface area contributed by atoms with E-state index < -0.39 is 5.97 Å². The lowest BCUT2D eigenvalue weighted by Crippen LogP contribution is -2.00. The van der Waals surface area contributed by atoms with E-state index in [1.165, 1.54) is 10.6 Å². The minimum Gasteiger partial charge on any atom is -0.478 e. The number of nitrogen functional groups attached to an aromatic ring is 1. The Kier molecular flexibility index (Phi) is 1.42. The molecule has 0 fully saturated rings. The summed E-state index contributed by atoms with van der Waals surface area (Å²) in [4.78, 5) is 14.5. The summed E-state index contributed by atoms with van der Waals surface area (Å²) in [6.45, 7) is 0. The molecule has 0 aliphatic carbocycles. The molecule has 0 bridgehead atoms. The number of aromatic carboxylic acids is 1. The number of anilines is 1. The fourth-order valence-electron chi connectivity index (χ4n) is 1.09. The summed E-state index contributed by atoms with van der Waals surface area (Å²) in [5.41, 5.74) is 5.67. The zero-order chi connectivity index (χ0) is 9.42. The maximum absolute atomic E-state index is 10.7. The fourth-order valence-corrected chi connectivity index (χ4v) is 1.09. The van der Waals surface area contributed by atoms with Crippen molar-refractivity contribution in [3.63, 3.8) is 0 Å². The number of hydrogen-bond acceptors (Lipinski definition) is 4. The van der Waals surface area contributed by atoms with E-state index >= 15 is 0 Å². The highest BCUT2D eigenvalue weighted by Gasteiger charge is 2.10. The van der Waals surface area contributed by atoms with E-state index in [0.717, 1.165) is 0 Å². The molecule has 0 spiro atoms. The predicted octanol–water partition coefficient (Wildman–Crippen LogP) is 0.00970. The lowest BCUT2D eigenvalue weighted by atomic mass is 10.3. The SMILES string of the molecule is Nc1nc2c(C(=O)O)cccn2n1. The van der Waals surface area contributed by atoms with Crippen LogP contribution in [0, 0.1) is 0 Å². The Morgan fingerprint density at radius 2 is 2.38 bits per heavy atom. The van der Waals surface area contributed by atoms with Gasteiger partial charge in [0, 0.05) is 6.20 Å². The molecule has 6 heteroatoms. The lowest BCUT2D eigenvalue weighted by Gasteiger charge is -1.94.